The van der Waals surface area contributed by atoms with Crippen molar-refractivity contribution in [2.24, 2.45) is 0 Å². The zero-order chi connectivity index (χ0) is 14.8. The van der Waals surface area contributed by atoms with Gasteiger partial charge < -0.3 is 10.6 Å². The summed E-state index contributed by atoms with van der Waals surface area (Å²) in [7, 11) is 0. The van der Waals surface area contributed by atoms with Crippen molar-refractivity contribution in [2.75, 3.05) is 19.6 Å². The van der Waals surface area contributed by atoms with Gasteiger partial charge in [0, 0.05) is 31.5 Å². The number of ketones is 1. The predicted octanol–water partition coefficient (Wildman–Crippen LogP) is 1.90. The molecule has 0 radical (unpaired) electrons. The lowest BCUT2D eigenvalue weighted by Gasteiger charge is -2.06. The van der Waals surface area contributed by atoms with E-state index in [0.717, 1.165) is 19.5 Å². The fourth-order valence-corrected chi connectivity index (χ4v) is 1.69. The Morgan fingerprint density at radius 1 is 1.05 bits per heavy atom. The number of hydrogen-bond donors (Lipinski definition) is 2. The lowest BCUT2D eigenvalue weighted by atomic mass is 10.1. The molecule has 110 valence electrons. The molecule has 0 unspecified atom stereocenters. The lowest BCUT2D eigenvalue weighted by Crippen LogP contribution is -2.32. The van der Waals surface area contributed by atoms with E-state index in [9.17, 15) is 14.0 Å². The quantitative estimate of drug-likeness (QED) is 0.536. The average molecular weight is 280 g/mol. The van der Waals surface area contributed by atoms with Crippen LogP contribution in [0.5, 0.6) is 0 Å². The molecule has 1 aromatic carbocycles. The molecule has 1 aromatic rings. The molecule has 1 amide bonds. The summed E-state index contributed by atoms with van der Waals surface area (Å²) < 4.78 is 12.7. The van der Waals surface area contributed by atoms with E-state index in [-0.39, 0.29) is 30.3 Å². The van der Waals surface area contributed by atoms with Crippen LogP contribution in [-0.4, -0.2) is 31.3 Å². The van der Waals surface area contributed by atoms with Crippen molar-refractivity contribution in [1.82, 2.24) is 10.6 Å². The maximum atomic E-state index is 12.7. The number of hydrogen-bond acceptors (Lipinski definition) is 3. The molecule has 0 saturated carbocycles. The smallest absolute Gasteiger partial charge is 0.220 e. The van der Waals surface area contributed by atoms with Crippen molar-refractivity contribution in [3.8, 4) is 0 Å². The Labute approximate surface area is 118 Å². The van der Waals surface area contributed by atoms with Crippen molar-refractivity contribution < 1.29 is 14.0 Å². The van der Waals surface area contributed by atoms with Crippen LogP contribution >= 0.6 is 0 Å². The summed E-state index contributed by atoms with van der Waals surface area (Å²) in [6.07, 6.45) is 1.35. The Kier molecular flexibility index (Phi) is 7.50. The second kappa shape index (κ2) is 9.20. The predicted molar refractivity (Wildman–Crippen MR) is 76.1 cm³/mol. The Hall–Kier alpha value is -1.75. The molecule has 0 bridgehead atoms. The zero-order valence-corrected chi connectivity index (χ0v) is 11.7. The van der Waals surface area contributed by atoms with Crippen molar-refractivity contribution >= 4 is 11.7 Å². The highest BCUT2D eigenvalue weighted by molar-refractivity contribution is 5.97. The third-order valence-electron chi connectivity index (χ3n) is 2.80. The van der Waals surface area contributed by atoms with E-state index in [2.05, 4.69) is 17.6 Å². The van der Waals surface area contributed by atoms with Gasteiger partial charge in [-0.1, -0.05) is 6.92 Å². The largest absolute Gasteiger partial charge is 0.355 e. The first-order valence-electron chi connectivity index (χ1n) is 6.89. The standard InChI is InChI=1S/C15H21FN2O2/c1-2-9-17-10-11-18-15(20)8-7-14(19)12-3-5-13(16)6-4-12/h3-6,17H,2,7-11H2,1H3,(H,18,20). The van der Waals surface area contributed by atoms with Gasteiger partial charge in [0.15, 0.2) is 5.78 Å². The fraction of sp³-hybridized carbons (Fsp3) is 0.467. The minimum absolute atomic E-state index is 0.139. The molecule has 0 spiro atoms. The Morgan fingerprint density at radius 2 is 1.75 bits per heavy atom. The number of halogens is 1. The van der Waals surface area contributed by atoms with Gasteiger partial charge >= 0.3 is 0 Å². The van der Waals surface area contributed by atoms with Gasteiger partial charge in [-0.05, 0) is 37.2 Å². The van der Waals surface area contributed by atoms with Gasteiger partial charge in [-0.15, -0.1) is 0 Å². The van der Waals surface area contributed by atoms with Gasteiger partial charge in [-0.3, -0.25) is 9.59 Å². The SMILES string of the molecule is CCCNCCNC(=O)CCC(=O)c1ccc(F)cc1. The lowest BCUT2D eigenvalue weighted by molar-refractivity contribution is -0.121. The van der Waals surface area contributed by atoms with E-state index in [1.54, 1.807) is 0 Å². The number of carbonyl (C=O) groups excluding carboxylic acids is 2. The molecule has 0 heterocycles. The number of Topliss-reactive ketones (excluding diaryl/α,β-unsaturated/α-hetero) is 1. The van der Waals surface area contributed by atoms with Crippen LogP contribution in [0, 0.1) is 5.82 Å². The molecular weight excluding hydrogens is 259 g/mol. The summed E-state index contributed by atoms with van der Waals surface area (Å²) in [4.78, 5) is 23.3. The Bertz CT molecular complexity index is 432. The van der Waals surface area contributed by atoms with Crippen LogP contribution < -0.4 is 10.6 Å². The molecule has 0 atom stereocenters. The van der Waals surface area contributed by atoms with Crippen molar-refractivity contribution in [3.63, 3.8) is 0 Å². The highest BCUT2D eigenvalue weighted by Gasteiger charge is 2.09. The first-order chi connectivity index (χ1) is 9.63. The van der Waals surface area contributed by atoms with Gasteiger partial charge in [0.1, 0.15) is 5.82 Å². The number of carbonyl (C=O) groups is 2. The topological polar surface area (TPSA) is 58.2 Å². The molecule has 0 aliphatic rings. The molecule has 0 aromatic heterocycles. The third-order valence-corrected chi connectivity index (χ3v) is 2.80. The summed E-state index contributed by atoms with van der Waals surface area (Å²) in [5.74, 6) is -0.665. The van der Waals surface area contributed by atoms with Crippen LogP contribution in [0.2, 0.25) is 0 Å². The van der Waals surface area contributed by atoms with E-state index >= 15 is 0 Å². The summed E-state index contributed by atoms with van der Waals surface area (Å²) in [6.45, 7) is 4.29. The van der Waals surface area contributed by atoms with E-state index in [1.165, 1.54) is 24.3 Å². The fourth-order valence-electron chi connectivity index (χ4n) is 1.69. The highest BCUT2D eigenvalue weighted by Crippen LogP contribution is 2.07. The van der Waals surface area contributed by atoms with Crippen molar-refractivity contribution in [1.29, 1.82) is 0 Å². The van der Waals surface area contributed by atoms with Crippen LogP contribution in [0.3, 0.4) is 0 Å². The first-order valence-corrected chi connectivity index (χ1v) is 6.89. The van der Waals surface area contributed by atoms with Gasteiger partial charge in [0.05, 0.1) is 0 Å². The first kappa shape index (κ1) is 16.3. The van der Waals surface area contributed by atoms with Crippen LogP contribution in [0.25, 0.3) is 0 Å². The second-order valence-corrected chi connectivity index (χ2v) is 4.53. The molecule has 0 saturated heterocycles. The van der Waals surface area contributed by atoms with Gasteiger partial charge in [0.25, 0.3) is 0 Å². The number of benzene rings is 1. The molecular formula is C15H21FN2O2. The number of amides is 1. The van der Waals surface area contributed by atoms with Gasteiger partial charge in [-0.2, -0.15) is 0 Å². The monoisotopic (exact) mass is 280 g/mol. The zero-order valence-electron chi connectivity index (χ0n) is 11.7. The molecule has 1 rings (SSSR count). The molecule has 4 nitrogen and oxygen atoms in total. The van der Waals surface area contributed by atoms with Gasteiger partial charge in [0.2, 0.25) is 5.91 Å². The third kappa shape index (κ3) is 6.43. The summed E-state index contributed by atoms with van der Waals surface area (Å²) in [6, 6.07) is 5.36. The Morgan fingerprint density at radius 3 is 2.40 bits per heavy atom. The van der Waals surface area contributed by atoms with Crippen LogP contribution in [0.15, 0.2) is 24.3 Å². The molecule has 0 aliphatic heterocycles. The van der Waals surface area contributed by atoms with Gasteiger partial charge in [-0.25, -0.2) is 4.39 Å². The van der Waals surface area contributed by atoms with E-state index in [1.807, 2.05) is 0 Å². The van der Waals surface area contributed by atoms with E-state index in [4.69, 9.17) is 0 Å². The van der Waals surface area contributed by atoms with Crippen LogP contribution in [-0.2, 0) is 4.79 Å². The number of nitrogens with one attached hydrogen (secondary N) is 2. The molecule has 2 N–H and O–H groups in total. The molecule has 0 aliphatic carbocycles. The minimum Gasteiger partial charge on any atom is -0.355 e. The minimum atomic E-state index is -0.376. The van der Waals surface area contributed by atoms with Crippen LogP contribution in [0.1, 0.15) is 36.5 Å². The molecule has 5 heteroatoms. The summed E-state index contributed by atoms with van der Waals surface area (Å²) >= 11 is 0. The molecule has 20 heavy (non-hydrogen) atoms. The average Bonchev–Trinajstić information content (AvgIpc) is 2.45. The van der Waals surface area contributed by atoms with E-state index < -0.39 is 0 Å². The van der Waals surface area contributed by atoms with Crippen molar-refractivity contribution in [3.05, 3.63) is 35.6 Å². The summed E-state index contributed by atoms with van der Waals surface area (Å²) in [5.41, 5.74) is 0.434. The van der Waals surface area contributed by atoms with Crippen molar-refractivity contribution in [2.45, 2.75) is 26.2 Å². The second-order valence-electron chi connectivity index (χ2n) is 4.53. The summed E-state index contributed by atoms with van der Waals surface area (Å²) in [5, 5.41) is 5.91. The van der Waals surface area contributed by atoms with E-state index in [0.29, 0.717) is 12.1 Å². The van der Waals surface area contributed by atoms with Crippen LogP contribution in [0.4, 0.5) is 4.39 Å². The maximum absolute atomic E-state index is 12.7. The highest BCUT2D eigenvalue weighted by atomic mass is 19.1. The number of rotatable bonds is 9. The maximum Gasteiger partial charge on any atom is 0.220 e. The normalized spacial score (nSPS) is 10.3. The Balaban J connectivity index is 2.20. The molecule has 0 fully saturated rings.